The maximum absolute atomic E-state index is 14.5. The van der Waals surface area contributed by atoms with Gasteiger partial charge in [-0.05, 0) is 31.9 Å². The summed E-state index contributed by atoms with van der Waals surface area (Å²) in [6.07, 6.45) is 4.01. The molecule has 2 heterocycles. The van der Waals surface area contributed by atoms with Crippen molar-refractivity contribution in [3.05, 3.63) is 35.1 Å². The summed E-state index contributed by atoms with van der Waals surface area (Å²) in [4.78, 5) is 4.10. The van der Waals surface area contributed by atoms with Crippen molar-refractivity contribution in [1.82, 2.24) is 14.8 Å². The zero-order valence-corrected chi connectivity index (χ0v) is 12.5. The van der Waals surface area contributed by atoms with Gasteiger partial charge >= 0.3 is 0 Å². The molecule has 0 atom stereocenters. The molecule has 0 aliphatic heterocycles. The lowest BCUT2D eigenvalue weighted by Gasteiger charge is -2.18. The monoisotopic (exact) mass is 311 g/mol. The molecule has 0 spiro atoms. The number of pyridine rings is 1. The van der Waals surface area contributed by atoms with Gasteiger partial charge < -0.3 is 0 Å². The predicted octanol–water partition coefficient (Wildman–Crippen LogP) is 4.33. The van der Waals surface area contributed by atoms with Gasteiger partial charge in [0.2, 0.25) is 5.95 Å². The van der Waals surface area contributed by atoms with Crippen LogP contribution in [0.25, 0.3) is 11.1 Å². The molecular weight excluding hydrogens is 296 g/mol. The molecule has 0 bridgehead atoms. The van der Waals surface area contributed by atoms with Gasteiger partial charge in [0.1, 0.15) is 10.8 Å². The fraction of sp³-hybridized carbons (Fsp3) is 0.467. The summed E-state index contributed by atoms with van der Waals surface area (Å²) in [5.41, 5.74) is 0.143. The van der Waals surface area contributed by atoms with E-state index in [1.165, 1.54) is 6.20 Å². The standard InChI is InChI=1S/C15H16ClF2N3/c1-10-4-5-11(13(16)20-10)12-8-19-21(14(12)17)9-15(18)6-2-3-7-15/h4-5,8H,2-3,6-7,9H2,1H3. The average Bonchev–Trinajstić information content (AvgIpc) is 2.99. The first-order valence-corrected chi connectivity index (χ1v) is 7.40. The Morgan fingerprint density at radius 2 is 2.00 bits per heavy atom. The highest BCUT2D eigenvalue weighted by molar-refractivity contribution is 6.32. The van der Waals surface area contributed by atoms with Crippen molar-refractivity contribution in [2.75, 3.05) is 0 Å². The third-order valence-electron chi connectivity index (χ3n) is 3.99. The van der Waals surface area contributed by atoms with E-state index in [0.717, 1.165) is 23.2 Å². The van der Waals surface area contributed by atoms with Gasteiger partial charge in [0, 0.05) is 11.3 Å². The van der Waals surface area contributed by atoms with Gasteiger partial charge in [-0.3, -0.25) is 0 Å². The van der Waals surface area contributed by atoms with Gasteiger partial charge in [-0.15, -0.1) is 0 Å². The fourth-order valence-corrected chi connectivity index (χ4v) is 3.12. The smallest absolute Gasteiger partial charge is 0.219 e. The van der Waals surface area contributed by atoms with Crippen molar-refractivity contribution in [3.8, 4) is 11.1 Å². The molecule has 2 aromatic rings. The Morgan fingerprint density at radius 1 is 1.29 bits per heavy atom. The first-order chi connectivity index (χ1) is 9.98. The van der Waals surface area contributed by atoms with Crippen LogP contribution >= 0.6 is 11.6 Å². The summed E-state index contributed by atoms with van der Waals surface area (Å²) in [5, 5.41) is 4.21. The van der Waals surface area contributed by atoms with Crippen molar-refractivity contribution in [2.24, 2.45) is 0 Å². The van der Waals surface area contributed by atoms with Crippen LogP contribution in [0.15, 0.2) is 18.3 Å². The second-order valence-corrected chi connectivity index (χ2v) is 6.01. The summed E-state index contributed by atoms with van der Waals surface area (Å²) in [5.74, 6) is -0.563. The molecule has 112 valence electrons. The Morgan fingerprint density at radius 3 is 2.67 bits per heavy atom. The molecule has 0 unspecified atom stereocenters. The fourth-order valence-electron chi connectivity index (χ4n) is 2.82. The third kappa shape index (κ3) is 2.79. The maximum Gasteiger partial charge on any atom is 0.219 e. The van der Waals surface area contributed by atoms with E-state index in [1.807, 2.05) is 6.92 Å². The first-order valence-electron chi connectivity index (χ1n) is 7.02. The van der Waals surface area contributed by atoms with Crippen LogP contribution < -0.4 is 0 Å². The van der Waals surface area contributed by atoms with Crippen LogP contribution in [-0.2, 0) is 6.54 Å². The molecule has 0 aromatic carbocycles. The van der Waals surface area contributed by atoms with E-state index >= 15 is 0 Å². The lowest BCUT2D eigenvalue weighted by Crippen LogP contribution is -2.26. The summed E-state index contributed by atoms with van der Waals surface area (Å²) < 4.78 is 30.0. The first kappa shape index (κ1) is 14.4. The Kier molecular flexibility index (Phi) is 3.69. The van der Waals surface area contributed by atoms with Gasteiger partial charge in [0.15, 0.2) is 0 Å². The van der Waals surface area contributed by atoms with Gasteiger partial charge in [-0.25, -0.2) is 14.1 Å². The van der Waals surface area contributed by atoms with Crippen LogP contribution in [0.4, 0.5) is 8.78 Å². The van der Waals surface area contributed by atoms with Crippen molar-refractivity contribution in [2.45, 2.75) is 44.8 Å². The van der Waals surface area contributed by atoms with Gasteiger partial charge in [-0.2, -0.15) is 9.49 Å². The maximum atomic E-state index is 14.5. The second-order valence-electron chi connectivity index (χ2n) is 5.66. The number of aryl methyl sites for hydroxylation is 1. The van der Waals surface area contributed by atoms with E-state index in [2.05, 4.69) is 10.1 Å². The van der Waals surface area contributed by atoms with Gasteiger partial charge in [-0.1, -0.05) is 24.4 Å². The van der Waals surface area contributed by atoms with Crippen LogP contribution in [0.3, 0.4) is 0 Å². The summed E-state index contributed by atoms with van der Waals surface area (Å²) in [6, 6.07) is 3.46. The number of halogens is 3. The summed E-state index contributed by atoms with van der Waals surface area (Å²) in [7, 11) is 0. The van der Waals surface area contributed by atoms with Crippen LogP contribution in [0.2, 0.25) is 5.15 Å². The molecule has 3 rings (SSSR count). The molecule has 0 amide bonds. The Hall–Kier alpha value is -1.49. The number of nitrogens with zero attached hydrogens (tertiary/aromatic N) is 3. The highest BCUT2D eigenvalue weighted by Gasteiger charge is 2.35. The number of hydrogen-bond donors (Lipinski definition) is 0. The largest absolute Gasteiger partial charge is 0.242 e. The molecule has 1 aliphatic carbocycles. The van der Waals surface area contributed by atoms with Gasteiger partial charge in [0.25, 0.3) is 0 Å². The number of hydrogen-bond acceptors (Lipinski definition) is 2. The van der Waals surface area contributed by atoms with Crippen LogP contribution in [0.5, 0.6) is 0 Å². The molecule has 1 aliphatic rings. The third-order valence-corrected chi connectivity index (χ3v) is 4.27. The highest BCUT2D eigenvalue weighted by Crippen LogP contribution is 2.36. The molecule has 1 fully saturated rings. The van der Waals surface area contributed by atoms with Crippen molar-refractivity contribution in [1.29, 1.82) is 0 Å². The Labute approximate surface area is 126 Å². The van der Waals surface area contributed by atoms with Crippen LogP contribution in [0, 0.1) is 12.9 Å². The SMILES string of the molecule is Cc1ccc(-c2cnn(CC3(F)CCCC3)c2F)c(Cl)n1. The number of aromatic nitrogens is 3. The zero-order chi connectivity index (χ0) is 15.0. The molecule has 6 heteroatoms. The minimum Gasteiger partial charge on any atom is -0.242 e. The topological polar surface area (TPSA) is 30.7 Å². The second kappa shape index (κ2) is 5.37. The summed E-state index contributed by atoms with van der Waals surface area (Å²) in [6.45, 7) is 1.76. The van der Waals surface area contributed by atoms with E-state index < -0.39 is 11.6 Å². The van der Waals surface area contributed by atoms with Crippen molar-refractivity contribution >= 4 is 11.6 Å². The molecular formula is C15H16ClF2N3. The van der Waals surface area contributed by atoms with Crippen LogP contribution in [-0.4, -0.2) is 20.4 Å². The summed E-state index contributed by atoms with van der Waals surface area (Å²) >= 11 is 6.05. The van der Waals surface area contributed by atoms with Gasteiger partial charge in [0.05, 0.1) is 18.3 Å². The molecule has 0 N–H and O–H groups in total. The minimum absolute atomic E-state index is 0.0459. The average molecular weight is 312 g/mol. The van der Waals surface area contributed by atoms with E-state index in [4.69, 9.17) is 11.6 Å². The molecule has 3 nitrogen and oxygen atoms in total. The molecule has 0 saturated heterocycles. The number of alkyl halides is 1. The minimum atomic E-state index is -1.35. The van der Waals surface area contributed by atoms with E-state index in [9.17, 15) is 8.78 Å². The lowest BCUT2D eigenvalue weighted by molar-refractivity contribution is 0.132. The lowest BCUT2D eigenvalue weighted by atomic mass is 10.1. The van der Waals surface area contributed by atoms with Crippen molar-refractivity contribution < 1.29 is 8.78 Å². The van der Waals surface area contributed by atoms with E-state index in [1.54, 1.807) is 12.1 Å². The van der Waals surface area contributed by atoms with Crippen molar-refractivity contribution in [3.63, 3.8) is 0 Å². The predicted molar refractivity (Wildman–Crippen MR) is 77.5 cm³/mol. The quantitative estimate of drug-likeness (QED) is 0.790. The highest BCUT2D eigenvalue weighted by atomic mass is 35.5. The zero-order valence-electron chi connectivity index (χ0n) is 11.7. The molecule has 2 aromatic heterocycles. The molecule has 1 saturated carbocycles. The Balaban J connectivity index is 1.92. The van der Waals surface area contributed by atoms with E-state index in [-0.39, 0.29) is 17.3 Å². The van der Waals surface area contributed by atoms with Crippen LogP contribution in [0.1, 0.15) is 31.4 Å². The normalized spacial score (nSPS) is 17.3. The molecule has 0 radical (unpaired) electrons. The Bertz CT molecular complexity index is 663. The molecule has 21 heavy (non-hydrogen) atoms. The van der Waals surface area contributed by atoms with E-state index in [0.29, 0.717) is 18.4 Å². The number of rotatable bonds is 3.